The summed E-state index contributed by atoms with van der Waals surface area (Å²) in [6.45, 7) is 8.05. The van der Waals surface area contributed by atoms with E-state index >= 15 is 0 Å². The molecule has 3 atom stereocenters. The molecule has 2 saturated heterocycles. The Morgan fingerprint density at radius 3 is 2.42 bits per heavy atom. The molecule has 2 aromatic rings. The number of alkyl halides is 2. The smallest absolute Gasteiger partial charge is 0.410 e. The Labute approximate surface area is 267 Å². The minimum atomic E-state index is -2.70. The van der Waals surface area contributed by atoms with Crippen LogP contribution in [0.25, 0.3) is 5.69 Å². The fraction of sp³-hybridized carbons (Fsp3) is 0.633. The fourth-order valence-corrected chi connectivity index (χ4v) is 5.61. The second-order valence-electron chi connectivity index (χ2n) is 12.3. The van der Waals surface area contributed by atoms with E-state index in [1.807, 2.05) is 13.0 Å². The third-order valence-corrected chi connectivity index (χ3v) is 7.53. The van der Waals surface area contributed by atoms with Gasteiger partial charge in [0.25, 0.3) is 12.3 Å². The number of para-hydroxylation sites is 1. The highest BCUT2D eigenvalue weighted by Crippen LogP contribution is 2.28. The molecule has 0 aliphatic carbocycles. The lowest BCUT2D eigenvalue weighted by Crippen LogP contribution is -2.58. The standard InChI is InChI=1S/C30H42F2N6O6S/c1-20(45)15-37(28(40)26-24(18-43-19-25(31)32)38(34-33-26)22-8-6-5-7-9-22)23-14-21(27(39)35-10-12-42-13-11-35)16-36(17-23)29(41)44-30(2,3)4/h5-9,20-21,23,25,45H,10-19H2,1-4H3/t20?,21-,23+/m1/s1. The number of thiol groups is 1. The number of amides is 3. The van der Waals surface area contributed by atoms with Crippen LogP contribution < -0.4 is 0 Å². The highest BCUT2D eigenvalue weighted by molar-refractivity contribution is 7.80. The quantitative estimate of drug-likeness (QED) is 0.389. The second kappa shape index (κ2) is 15.3. The van der Waals surface area contributed by atoms with Crippen molar-refractivity contribution in [2.75, 3.05) is 52.5 Å². The van der Waals surface area contributed by atoms with Crippen LogP contribution in [0.3, 0.4) is 0 Å². The monoisotopic (exact) mass is 652 g/mol. The lowest BCUT2D eigenvalue weighted by atomic mass is 9.91. The van der Waals surface area contributed by atoms with Crippen molar-refractivity contribution >= 4 is 30.5 Å². The van der Waals surface area contributed by atoms with Gasteiger partial charge >= 0.3 is 6.09 Å². The summed E-state index contributed by atoms with van der Waals surface area (Å²) in [5.41, 5.74) is -0.0814. The van der Waals surface area contributed by atoms with Crippen LogP contribution in [0, 0.1) is 5.92 Å². The van der Waals surface area contributed by atoms with Gasteiger partial charge < -0.3 is 28.9 Å². The van der Waals surface area contributed by atoms with Crippen LogP contribution in [0.5, 0.6) is 0 Å². The first-order valence-electron chi connectivity index (χ1n) is 15.0. The van der Waals surface area contributed by atoms with E-state index in [4.69, 9.17) is 14.2 Å². The number of hydrogen-bond acceptors (Lipinski definition) is 9. The first-order chi connectivity index (χ1) is 21.3. The summed E-state index contributed by atoms with van der Waals surface area (Å²) in [5, 5.41) is 8.06. The van der Waals surface area contributed by atoms with Crippen LogP contribution in [0.2, 0.25) is 0 Å². The maximum absolute atomic E-state index is 14.4. The molecular formula is C30H42F2N6O6S. The number of carbonyl (C=O) groups excluding carboxylic acids is 3. The predicted octanol–water partition coefficient (Wildman–Crippen LogP) is 3.29. The Kier molecular flexibility index (Phi) is 11.8. The van der Waals surface area contributed by atoms with Crippen molar-refractivity contribution in [2.24, 2.45) is 5.92 Å². The summed E-state index contributed by atoms with van der Waals surface area (Å²) >= 11 is 4.56. The van der Waals surface area contributed by atoms with Gasteiger partial charge in [-0.1, -0.05) is 30.3 Å². The van der Waals surface area contributed by atoms with Gasteiger partial charge in [-0.3, -0.25) is 9.59 Å². The van der Waals surface area contributed by atoms with Crippen molar-refractivity contribution in [3.8, 4) is 5.69 Å². The number of halogens is 2. The molecule has 12 nitrogen and oxygen atoms in total. The molecule has 0 spiro atoms. The molecule has 248 valence electrons. The molecule has 15 heteroatoms. The highest BCUT2D eigenvalue weighted by atomic mass is 32.1. The summed E-state index contributed by atoms with van der Waals surface area (Å²) in [7, 11) is 0. The SMILES string of the molecule is CC(S)CN(C(=O)c1nnn(-c2ccccc2)c1COCC(F)F)[C@H]1C[C@@H](C(=O)N2CCOCC2)CN(C(=O)OC(C)(C)C)C1. The van der Waals surface area contributed by atoms with E-state index in [0.29, 0.717) is 32.0 Å². The van der Waals surface area contributed by atoms with Gasteiger partial charge in [0.15, 0.2) is 5.69 Å². The number of rotatable bonds is 10. The molecule has 2 aliphatic heterocycles. The predicted molar refractivity (Wildman–Crippen MR) is 164 cm³/mol. The van der Waals surface area contributed by atoms with E-state index in [1.54, 1.807) is 54.8 Å². The number of nitrogens with zero attached hydrogens (tertiary/aromatic N) is 6. The summed E-state index contributed by atoms with van der Waals surface area (Å²) in [5.74, 6) is -1.27. The van der Waals surface area contributed by atoms with Gasteiger partial charge in [0.2, 0.25) is 5.91 Å². The van der Waals surface area contributed by atoms with E-state index in [0.717, 1.165) is 0 Å². The molecule has 3 amide bonds. The van der Waals surface area contributed by atoms with Gasteiger partial charge in [0.05, 0.1) is 37.5 Å². The van der Waals surface area contributed by atoms with Gasteiger partial charge in [-0.25, -0.2) is 18.3 Å². The van der Waals surface area contributed by atoms with E-state index in [2.05, 4.69) is 22.9 Å². The van der Waals surface area contributed by atoms with Crippen LogP contribution in [0.1, 0.15) is 50.3 Å². The Morgan fingerprint density at radius 2 is 1.80 bits per heavy atom. The second-order valence-corrected chi connectivity index (χ2v) is 13.1. The third kappa shape index (κ3) is 9.36. The average molecular weight is 653 g/mol. The normalized spacial score (nSPS) is 19.8. The number of ether oxygens (including phenoxy) is 3. The first-order valence-corrected chi connectivity index (χ1v) is 15.5. The van der Waals surface area contributed by atoms with E-state index < -0.39 is 42.6 Å². The van der Waals surface area contributed by atoms with E-state index in [-0.39, 0.29) is 55.2 Å². The molecule has 0 saturated carbocycles. The highest BCUT2D eigenvalue weighted by Gasteiger charge is 2.42. The minimum absolute atomic E-state index is 0.0763. The van der Waals surface area contributed by atoms with Gasteiger partial charge in [-0.15, -0.1) is 5.10 Å². The topological polar surface area (TPSA) is 119 Å². The number of aromatic nitrogens is 3. The molecule has 2 fully saturated rings. The lowest BCUT2D eigenvalue weighted by molar-refractivity contribution is -0.142. The fourth-order valence-electron chi connectivity index (χ4n) is 5.43. The maximum Gasteiger partial charge on any atom is 0.410 e. The number of likely N-dealkylation sites (tertiary alicyclic amines) is 1. The zero-order chi connectivity index (χ0) is 32.7. The Hall–Kier alpha value is -3.30. The third-order valence-electron chi connectivity index (χ3n) is 7.36. The summed E-state index contributed by atoms with van der Waals surface area (Å²) in [6.07, 6.45) is -3.01. The maximum atomic E-state index is 14.4. The Morgan fingerprint density at radius 1 is 1.11 bits per heavy atom. The number of hydrogen-bond donors (Lipinski definition) is 1. The van der Waals surface area contributed by atoms with Gasteiger partial charge in [-0.2, -0.15) is 12.6 Å². The van der Waals surface area contributed by atoms with Crippen molar-refractivity contribution in [1.82, 2.24) is 29.7 Å². The summed E-state index contributed by atoms with van der Waals surface area (Å²) in [4.78, 5) is 46.1. The molecular weight excluding hydrogens is 610 g/mol. The van der Waals surface area contributed by atoms with Crippen LogP contribution in [-0.2, 0) is 25.6 Å². The Balaban J connectivity index is 1.69. The zero-order valence-electron chi connectivity index (χ0n) is 26.1. The first kappa shape index (κ1) is 34.6. The molecule has 2 aliphatic rings. The molecule has 0 bridgehead atoms. The number of carbonyl (C=O) groups is 3. The summed E-state index contributed by atoms with van der Waals surface area (Å²) in [6, 6.07) is 8.24. The number of piperidine rings is 1. The molecule has 1 unspecified atom stereocenters. The van der Waals surface area contributed by atoms with Crippen molar-refractivity contribution < 1.29 is 37.4 Å². The van der Waals surface area contributed by atoms with Crippen molar-refractivity contribution in [3.05, 3.63) is 41.7 Å². The molecule has 0 N–H and O–H groups in total. The number of morpholine rings is 1. The van der Waals surface area contributed by atoms with E-state index in [1.165, 1.54) is 9.58 Å². The molecule has 0 radical (unpaired) electrons. The largest absolute Gasteiger partial charge is 0.444 e. The van der Waals surface area contributed by atoms with Gasteiger partial charge in [-0.05, 0) is 39.3 Å². The van der Waals surface area contributed by atoms with Crippen LogP contribution in [0.15, 0.2) is 30.3 Å². The minimum Gasteiger partial charge on any atom is -0.444 e. The molecule has 1 aromatic carbocycles. The molecule has 45 heavy (non-hydrogen) atoms. The van der Waals surface area contributed by atoms with Gasteiger partial charge in [0.1, 0.15) is 17.9 Å². The molecule has 1 aromatic heterocycles. The molecule has 3 heterocycles. The Bertz CT molecular complexity index is 1300. The van der Waals surface area contributed by atoms with Crippen LogP contribution in [-0.4, -0.2) is 123 Å². The summed E-state index contributed by atoms with van der Waals surface area (Å²) < 4.78 is 43.7. The van der Waals surface area contributed by atoms with Gasteiger partial charge in [0, 0.05) is 38.0 Å². The van der Waals surface area contributed by atoms with Crippen molar-refractivity contribution in [2.45, 2.75) is 64.0 Å². The lowest BCUT2D eigenvalue weighted by Gasteiger charge is -2.44. The van der Waals surface area contributed by atoms with Crippen molar-refractivity contribution in [1.29, 1.82) is 0 Å². The van der Waals surface area contributed by atoms with Crippen molar-refractivity contribution in [3.63, 3.8) is 0 Å². The molecule has 4 rings (SSSR count). The van der Waals surface area contributed by atoms with Crippen LogP contribution in [0.4, 0.5) is 13.6 Å². The average Bonchev–Trinajstić information content (AvgIpc) is 3.42. The number of benzene rings is 1. The van der Waals surface area contributed by atoms with Crippen LogP contribution >= 0.6 is 12.6 Å². The van der Waals surface area contributed by atoms with E-state index in [9.17, 15) is 23.2 Å². The zero-order valence-corrected chi connectivity index (χ0v) is 27.0.